The van der Waals surface area contributed by atoms with Crippen molar-refractivity contribution in [2.24, 2.45) is 0 Å². The Balaban J connectivity index is 2.06. The third-order valence-corrected chi connectivity index (χ3v) is 3.67. The molecule has 0 unspecified atom stereocenters. The predicted octanol–water partition coefficient (Wildman–Crippen LogP) is 3.11. The molecule has 0 saturated heterocycles. The van der Waals surface area contributed by atoms with E-state index in [1.165, 1.54) is 25.1 Å². The summed E-state index contributed by atoms with van der Waals surface area (Å²) in [6, 6.07) is 1.60. The second kappa shape index (κ2) is 7.22. The largest absolute Gasteiger partial charge is 0.368 e. The number of nitrogens with zero attached hydrogens (tertiary/aromatic N) is 1. The van der Waals surface area contributed by atoms with E-state index in [0.717, 1.165) is 25.7 Å². The van der Waals surface area contributed by atoms with Gasteiger partial charge in [-0.1, -0.05) is 25.7 Å². The number of amides is 1. The molecule has 4 nitrogen and oxygen atoms in total. The number of hydrogen-bond acceptors (Lipinski definition) is 3. The summed E-state index contributed by atoms with van der Waals surface area (Å²) >= 11 is 0. The number of aromatic nitrogens is 1. The highest BCUT2D eigenvalue weighted by molar-refractivity contribution is 5.95. The van der Waals surface area contributed by atoms with Crippen molar-refractivity contribution < 1.29 is 9.18 Å². The first-order chi connectivity index (χ1) is 9.72. The summed E-state index contributed by atoms with van der Waals surface area (Å²) in [5, 5.41) is 5.77. The highest BCUT2D eigenvalue weighted by Gasteiger charge is 2.19. The Kier molecular flexibility index (Phi) is 5.32. The molecular weight excluding hydrogens is 257 g/mol. The van der Waals surface area contributed by atoms with Crippen LogP contribution in [0.3, 0.4) is 0 Å². The lowest BCUT2D eigenvalue weighted by molar-refractivity contribution is 0.0929. The Morgan fingerprint density at radius 3 is 2.70 bits per heavy atom. The van der Waals surface area contributed by atoms with E-state index in [1.54, 1.807) is 0 Å². The first-order valence-electron chi connectivity index (χ1n) is 7.41. The molecule has 0 aromatic carbocycles. The van der Waals surface area contributed by atoms with Gasteiger partial charge >= 0.3 is 0 Å². The lowest BCUT2D eigenvalue weighted by atomic mass is 10.1. The molecule has 1 heterocycles. The molecule has 0 aliphatic heterocycles. The molecule has 5 heteroatoms. The zero-order chi connectivity index (χ0) is 14.4. The predicted molar refractivity (Wildman–Crippen MR) is 77.3 cm³/mol. The summed E-state index contributed by atoms with van der Waals surface area (Å²) in [5.74, 6) is -0.766. The number of rotatable bonds is 4. The maximum absolute atomic E-state index is 14.2. The van der Waals surface area contributed by atoms with E-state index < -0.39 is 5.82 Å². The molecule has 0 radical (unpaired) electrons. The minimum absolute atomic E-state index is 0.0696. The second-order valence-corrected chi connectivity index (χ2v) is 5.21. The first kappa shape index (κ1) is 14.8. The molecule has 2 rings (SSSR count). The molecule has 1 amide bonds. The van der Waals surface area contributed by atoms with E-state index >= 15 is 0 Å². The maximum Gasteiger partial charge on any atom is 0.254 e. The Bertz CT molecular complexity index is 456. The molecule has 0 spiro atoms. The molecule has 1 aliphatic rings. The van der Waals surface area contributed by atoms with Crippen LogP contribution in [0.15, 0.2) is 12.3 Å². The summed E-state index contributed by atoms with van der Waals surface area (Å²) in [6.45, 7) is 2.43. The number of pyridine rings is 1. The molecule has 2 N–H and O–H groups in total. The molecular formula is C15H22FN3O. The topological polar surface area (TPSA) is 54.0 Å². The van der Waals surface area contributed by atoms with Crippen molar-refractivity contribution in [2.75, 3.05) is 11.9 Å². The van der Waals surface area contributed by atoms with Crippen molar-refractivity contribution in [2.45, 2.75) is 51.5 Å². The number of carbonyl (C=O) groups is 1. The Morgan fingerprint density at radius 2 is 2.05 bits per heavy atom. The van der Waals surface area contributed by atoms with Gasteiger partial charge in [0.15, 0.2) is 11.6 Å². The minimum Gasteiger partial charge on any atom is -0.368 e. The summed E-state index contributed by atoms with van der Waals surface area (Å²) in [6.07, 6.45) is 8.14. The van der Waals surface area contributed by atoms with E-state index in [4.69, 9.17) is 0 Å². The number of halogens is 1. The van der Waals surface area contributed by atoms with Gasteiger partial charge < -0.3 is 10.6 Å². The van der Waals surface area contributed by atoms with E-state index in [0.29, 0.717) is 6.54 Å². The van der Waals surface area contributed by atoms with Crippen LogP contribution >= 0.6 is 0 Å². The maximum atomic E-state index is 14.2. The molecule has 20 heavy (non-hydrogen) atoms. The number of anilines is 1. The summed E-state index contributed by atoms with van der Waals surface area (Å²) in [7, 11) is 0. The van der Waals surface area contributed by atoms with Crippen LogP contribution in [-0.4, -0.2) is 23.5 Å². The van der Waals surface area contributed by atoms with Crippen molar-refractivity contribution in [1.29, 1.82) is 0 Å². The molecule has 110 valence electrons. The number of nitrogens with one attached hydrogen (secondary N) is 2. The summed E-state index contributed by atoms with van der Waals surface area (Å²) in [4.78, 5) is 16.1. The van der Waals surface area contributed by atoms with Gasteiger partial charge in [0.25, 0.3) is 5.91 Å². The van der Waals surface area contributed by atoms with E-state index in [9.17, 15) is 9.18 Å². The third kappa shape index (κ3) is 3.68. The fraction of sp³-hybridized carbons (Fsp3) is 0.600. The molecule has 0 atom stereocenters. The molecule has 1 aromatic heterocycles. The smallest absolute Gasteiger partial charge is 0.254 e. The van der Waals surface area contributed by atoms with Crippen LogP contribution in [0, 0.1) is 5.82 Å². The second-order valence-electron chi connectivity index (χ2n) is 5.21. The first-order valence-corrected chi connectivity index (χ1v) is 7.41. The minimum atomic E-state index is -0.569. The van der Waals surface area contributed by atoms with Crippen molar-refractivity contribution in [3.8, 4) is 0 Å². The van der Waals surface area contributed by atoms with Crippen LogP contribution in [0.25, 0.3) is 0 Å². The van der Waals surface area contributed by atoms with Gasteiger partial charge in [0, 0.05) is 18.8 Å². The molecule has 1 saturated carbocycles. The van der Waals surface area contributed by atoms with Gasteiger partial charge in [-0.15, -0.1) is 0 Å². The van der Waals surface area contributed by atoms with Gasteiger partial charge in [0.05, 0.1) is 5.56 Å². The standard InChI is InChI=1S/C15H22FN3O/c1-2-17-14-13(16)12(9-10-18-14)15(20)19-11-7-5-3-4-6-8-11/h9-11H,2-8H2,1H3,(H,17,18)(H,19,20). The molecule has 0 bridgehead atoms. The van der Waals surface area contributed by atoms with Crippen molar-refractivity contribution in [3.63, 3.8) is 0 Å². The van der Waals surface area contributed by atoms with Gasteiger partial charge in [-0.25, -0.2) is 9.37 Å². The lowest BCUT2D eigenvalue weighted by Crippen LogP contribution is -2.35. The van der Waals surface area contributed by atoms with Gasteiger partial charge in [-0.3, -0.25) is 4.79 Å². The fourth-order valence-electron chi connectivity index (χ4n) is 2.60. The van der Waals surface area contributed by atoms with Crippen LogP contribution in [0.5, 0.6) is 0 Å². The number of hydrogen-bond donors (Lipinski definition) is 2. The fourth-order valence-corrected chi connectivity index (χ4v) is 2.60. The van der Waals surface area contributed by atoms with Crippen molar-refractivity contribution in [1.82, 2.24) is 10.3 Å². The quantitative estimate of drug-likeness (QED) is 0.833. The van der Waals surface area contributed by atoms with Gasteiger partial charge in [-0.05, 0) is 25.8 Å². The average molecular weight is 279 g/mol. The highest BCUT2D eigenvalue weighted by Crippen LogP contribution is 2.19. The zero-order valence-electron chi connectivity index (χ0n) is 11.9. The van der Waals surface area contributed by atoms with Gasteiger partial charge in [-0.2, -0.15) is 0 Å². The van der Waals surface area contributed by atoms with Crippen LogP contribution in [0.1, 0.15) is 55.8 Å². The molecule has 1 fully saturated rings. The van der Waals surface area contributed by atoms with Crippen molar-refractivity contribution in [3.05, 3.63) is 23.6 Å². The normalized spacial score (nSPS) is 16.5. The lowest BCUT2D eigenvalue weighted by Gasteiger charge is -2.17. The SMILES string of the molecule is CCNc1nccc(C(=O)NC2CCCCCC2)c1F. The third-order valence-electron chi connectivity index (χ3n) is 3.67. The van der Waals surface area contributed by atoms with Crippen molar-refractivity contribution >= 4 is 11.7 Å². The van der Waals surface area contributed by atoms with Crippen LogP contribution in [-0.2, 0) is 0 Å². The Hall–Kier alpha value is -1.65. The van der Waals surface area contributed by atoms with Crippen LogP contribution < -0.4 is 10.6 Å². The monoisotopic (exact) mass is 279 g/mol. The van der Waals surface area contributed by atoms with E-state index in [2.05, 4.69) is 15.6 Å². The van der Waals surface area contributed by atoms with E-state index in [1.807, 2.05) is 6.92 Å². The molecule has 1 aliphatic carbocycles. The Morgan fingerprint density at radius 1 is 1.35 bits per heavy atom. The number of carbonyl (C=O) groups excluding carboxylic acids is 1. The Labute approximate surface area is 119 Å². The van der Waals surface area contributed by atoms with Crippen LogP contribution in [0.4, 0.5) is 10.2 Å². The van der Waals surface area contributed by atoms with E-state index in [-0.39, 0.29) is 23.3 Å². The summed E-state index contributed by atoms with van der Waals surface area (Å²) in [5.41, 5.74) is 0.0696. The van der Waals surface area contributed by atoms with Gasteiger partial charge in [0.2, 0.25) is 0 Å². The average Bonchev–Trinajstić information content (AvgIpc) is 2.70. The molecule has 1 aromatic rings. The van der Waals surface area contributed by atoms with Gasteiger partial charge in [0.1, 0.15) is 0 Å². The summed E-state index contributed by atoms with van der Waals surface area (Å²) < 4.78 is 14.2. The van der Waals surface area contributed by atoms with Crippen LogP contribution in [0.2, 0.25) is 0 Å². The highest BCUT2D eigenvalue weighted by atomic mass is 19.1. The zero-order valence-corrected chi connectivity index (χ0v) is 11.9.